The molecule has 44 heavy (non-hydrogen) atoms. The van der Waals surface area contributed by atoms with Crippen LogP contribution in [0.15, 0.2) is 129 Å². The molecule has 6 aromatic carbocycles. The molecule has 0 atom stereocenters. The largest absolute Gasteiger partial charge is 0.504 e. The molecule has 2 heteroatoms. The van der Waals surface area contributed by atoms with E-state index in [0.29, 0.717) is 22.3 Å². The lowest BCUT2D eigenvalue weighted by atomic mass is 9.67. The van der Waals surface area contributed by atoms with E-state index in [4.69, 9.17) is 0 Å². The number of aromatic hydroxyl groups is 2. The maximum absolute atomic E-state index is 11.5. The Labute approximate surface area is 258 Å². The molecular weight excluding hydrogens is 536 g/mol. The minimum Gasteiger partial charge on any atom is -0.504 e. The Balaban J connectivity index is 1.67. The van der Waals surface area contributed by atoms with Gasteiger partial charge in [0.2, 0.25) is 0 Å². The minimum absolute atomic E-state index is 0.206. The Morgan fingerprint density at radius 2 is 1.11 bits per heavy atom. The van der Waals surface area contributed by atoms with E-state index in [0.717, 1.165) is 27.8 Å². The third-order valence-electron chi connectivity index (χ3n) is 9.23. The molecule has 0 amide bonds. The Kier molecular flexibility index (Phi) is 6.37. The van der Waals surface area contributed by atoms with E-state index < -0.39 is 5.41 Å². The van der Waals surface area contributed by atoms with Gasteiger partial charge in [-0.15, -0.1) is 0 Å². The number of fused-ring (bicyclic) bond motifs is 5. The average Bonchev–Trinajstić information content (AvgIpc) is 3.36. The van der Waals surface area contributed by atoms with Crippen LogP contribution < -0.4 is 0 Å². The van der Waals surface area contributed by atoms with Crippen molar-refractivity contribution < 1.29 is 10.2 Å². The first-order valence-electron chi connectivity index (χ1n) is 14.8. The molecule has 2 nitrogen and oxygen atoms in total. The smallest absolute Gasteiger partial charge is 0.166 e. The topological polar surface area (TPSA) is 40.5 Å². The summed E-state index contributed by atoms with van der Waals surface area (Å²) in [5.41, 5.74) is 10.7. The van der Waals surface area contributed by atoms with Crippen molar-refractivity contribution in [3.8, 4) is 33.8 Å². The van der Waals surface area contributed by atoms with Crippen molar-refractivity contribution in [1.29, 1.82) is 0 Å². The molecule has 212 valence electrons. The van der Waals surface area contributed by atoms with Crippen LogP contribution in [-0.2, 0) is 5.41 Å². The first-order valence-corrected chi connectivity index (χ1v) is 14.8. The highest BCUT2D eigenvalue weighted by Gasteiger charge is 2.47. The lowest BCUT2D eigenvalue weighted by Gasteiger charge is -2.34. The molecule has 0 heterocycles. The zero-order chi connectivity index (χ0) is 30.6. The second-order valence-corrected chi connectivity index (χ2v) is 11.3. The fourth-order valence-corrected chi connectivity index (χ4v) is 7.39. The van der Waals surface area contributed by atoms with Crippen LogP contribution in [-0.4, -0.2) is 10.2 Å². The summed E-state index contributed by atoms with van der Waals surface area (Å²) < 4.78 is 0. The summed E-state index contributed by atoms with van der Waals surface area (Å²) >= 11 is 0. The van der Waals surface area contributed by atoms with Crippen LogP contribution in [0.25, 0.3) is 51.3 Å². The quantitative estimate of drug-likeness (QED) is 0.196. The van der Waals surface area contributed by atoms with Gasteiger partial charge >= 0.3 is 0 Å². The number of aryl methyl sites for hydroxylation is 1. The number of phenols is 2. The number of benzene rings is 6. The van der Waals surface area contributed by atoms with E-state index in [1.54, 1.807) is 12.2 Å². The maximum Gasteiger partial charge on any atom is 0.166 e. The number of phenolic OH excluding ortho intramolecular Hbond substituents is 2. The maximum atomic E-state index is 11.5. The van der Waals surface area contributed by atoms with Gasteiger partial charge in [0.25, 0.3) is 0 Å². The van der Waals surface area contributed by atoms with Crippen molar-refractivity contribution in [2.24, 2.45) is 0 Å². The van der Waals surface area contributed by atoms with Crippen molar-refractivity contribution in [2.75, 3.05) is 0 Å². The third kappa shape index (κ3) is 3.61. The Morgan fingerprint density at radius 3 is 1.70 bits per heavy atom. The van der Waals surface area contributed by atoms with Crippen molar-refractivity contribution in [2.45, 2.75) is 12.3 Å². The van der Waals surface area contributed by atoms with Crippen molar-refractivity contribution in [1.82, 2.24) is 0 Å². The number of rotatable bonds is 6. The summed E-state index contributed by atoms with van der Waals surface area (Å²) in [5.74, 6) is -0.430. The van der Waals surface area contributed by atoms with E-state index in [9.17, 15) is 10.2 Å². The van der Waals surface area contributed by atoms with Gasteiger partial charge in [0.1, 0.15) is 0 Å². The number of hydrogen-bond acceptors (Lipinski definition) is 2. The van der Waals surface area contributed by atoms with Gasteiger partial charge in [-0.1, -0.05) is 141 Å². The highest BCUT2D eigenvalue weighted by atomic mass is 16.3. The minimum atomic E-state index is -0.633. The second kappa shape index (κ2) is 10.3. The Bertz CT molecular complexity index is 2100. The van der Waals surface area contributed by atoms with Gasteiger partial charge < -0.3 is 10.2 Å². The van der Waals surface area contributed by atoms with Gasteiger partial charge in [-0.3, -0.25) is 0 Å². The van der Waals surface area contributed by atoms with Gasteiger partial charge in [-0.25, -0.2) is 0 Å². The highest BCUT2D eigenvalue weighted by Crippen LogP contribution is 2.59. The molecule has 0 fully saturated rings. The molecule has 7 rings (SSSR count). The molecule has 1 aliphatic rings. The van der Waals surface area contributed by atoms with Gasteiger partial charge in [-0.05, 0) is 79.4 Å². The molecule has 0 radical (unpaired) electrons. The van der Waals surface area contributed by atoms with Crippen LogP contribution in [0.3, 0.4) is 0 Å². The zero-order valence-corrected chi connectivity index (χ0v) is 24.6. The lowest BCUT2D eigenvalue weighted by molar-refractivity contribution is 0.404. The molecule has 6 aromatic rings. The van der Waals surface area contributed by atoms with Crippen LogP contribution in [0.1, 0.15) is 44.5 Å². The summed E-state index contributed by atoms with van der Waals surface area (Å²) in [6.45, 7) is 14.1. The molecular formula is C42H32O2. The van der Waals surface area contributed by atoms with Crippen molar-refractivity contribution >= 4 is 29.0 Å². The predicted octanol–water partition coefficient (Wildman–Crippen LogP) is 10.5. The first kappa shape index (κ1) is 27.2. The highest BCUT2D eigenvalue weighted by molar-refractivity contribution is 6.06. The first-order chi connectivity index (χ1) is 21.5. The SMILES string of the molecule is C=Cc1c(O)c(O)c(-c2ccc3c(c2)C(c2ccccc2)(c2ccccc2)c2cc(C)c4ccccc4c2-3)c(C=C)c1C=C. The van der Waals surface area contributed by atoms with Gasteiger partial charge in [0.05, 0.1) is 5.41 Å². The predicted molar refractivity (Wildman–Crippen MR) is 185 cm³/mol. The summed E-state index contributed by atoms with van der Waals surface area (Å²) in [4.78, 5) is 0. The molecule has 0 spiro atoms. The Hall–Kier alpha value is -5.60. The van der Waals surface area contributed by atoms with Gasteiger partial charge in [0.15, 0.2) is 11.5 Å². The molecule has 1 aliphatic carbocycles. The summed E-state index contributed by atoms with van der Waals surface area (Å²) in [6.07, 6.45) is 4.91. The van der Waals surface area contributed by atoms with Gasteiger partial charge in [-0.2, -0.15) is 0 Å². The Morgan fingerprint density at radius 1 is 0.545 bits per heavy atom. The standard InChI is InChI=1S/C42H32O2/c1-5-30-31(6-2)38(41(44)40(43)32(30)7-3)27-22-23-35-36(25-27)42(28-16-10-8-11-17-28,29-18-12-9-13-19-29)37-24-26(4)33-20-14-15-21-34(33)39(35)37/h5-25,43-44H,1-3H2,4H3. The van der Waals surface area contributed by atoms with Crippen LogP contribution in [0.2, 0.25) is 0 Å². The van der Waals surface area contributed by atoms with Gasteiger partial charge in [0, 0.05) is 11.1 Å². The molecule has 2 N–H and O–H groups in total. The van der Waals surface area contributed by atoms with Crippen LogP contribution >= 0.6 is 0 Å². The molecule has 0 aromatic heterocycles. The van der Waals surface area contributed by atoms with Crippen molar-refractivity contribution in [3.05, 3.63) is 173 Å². The summed E-state index contributed by atoms with van der Waals surface area (Å²) in [6, 6.07) is 38.7. The molecule has 0 saturated heterocycles. The monoisotopic (exact) mass is 568 g/mol. The summed E-state index contributed by atoms with van der Waals surface area (Å²) in [5, 5.41) is 25.0. The molecule has 0 aliphatic heterocycles. The van der Waals surface area contributed by atoms with Crippen LogP contribution in [0.4, 0.5) is 0 Å². The van der Waals surface area contributed by atoms with E-state index in [1.807, 2.05) is 6.07 Å². The van der Waals surface area contributed by atoms with E-state index in [1.165, 1.54) is 33.5 Å². The molecule has 0 unspecified atom stereocenters. The lowest BCUT2D eigenvalue weighted by Crippen LogP contribution is -2.28. The normalized spacial score (nSPS) is 12.8. The summed E-state index contributed by atoms with van der Waals surface area (Å²) in [7, 11) is 0. The van der Waals surface area contributed by atoms with E-state index in [2.05, 4.69) is 130 Å². The number of hydrogen-bond donors (Lipinski definition) is 2. The van der Waals surface area contributed by atoms with Crippen LogP contribution in [0.5, 0.6) is 11.5 Å². The van der Waals surface area contributed by atoms with Crippen LogP contribution in [0, 0.1) is 6.92 Å². The molecule has 0 saturated carbocycles. The average molecular weight is 569 g/mol. The fourth-order valence-electron chi connectivity index (χ4n) is 7.39. The van der Waals surface area contributed by atoms with Crippen molar-refractivity contribution in [3.63, 3.8) is 0 Å². The third-order valence-corrected chi connectivity index (χ3v) is 9.23. The zero-order valence-electron chi connectivity index (χ0n) is 24.6. The van der Waals surface area contributed by atoms with E-state index >= 15 is 0 Å². The second-order valence-electron chi connectivity index (χ2n) is 11.3. The fraction of sp³-hybridized carbons (Fsp3) is 0.0476. The molecule has 0 bridgehead atoms. The van der Waals surface area contributed by atoms with E-state index in [-0.39, 0.29) is 11.5 Å².